The number of aryl methyl sites for hydroxylation is 1. The molecule has 0 spiro atoms. The summed E-state index contributed by atoms with van der Waals surface area (Å²) in [4.78, 5) is 17.5. The number of ether oxygens (including phenoxy) is 1. The lowest BCUT2D eigenvalue weighted by Gasteiger charge is -2.40. The van der Waals surface area contributed by atoms with Gasteiger partial charge in [-0.1, -0.05) is 29.8 Å². The molecule has 0 unspecified atom stereocenters. The average Bonchev–Trinajstić information content (AvgIpc) is 3.28. The quantitative estimate of drug-likeness (QED) is 0.729. The van der Waals surface area contributed by atoms with E-state index in [0.717, 1.165) is 36.2 Å². The van der Waals surface area contributed by atoms with E-state index < -0.39 is 10.0 Å². The normalized spacial score (nSPS) is 21.8. The number of hydrogen-bond acceptors (Lipinski definition) is 5. The first-order valence-corrected chi connectivity index (χ1v) is 12.2. The Hall–Kier alpha value is -2.42. The zero-order valence-corrected chi connectivity index (χ0v) is 18.5. The molecule has 7 nitrogen and oxygen atoms in total. The van der Waals surface area contributed by atoms with Gasteiger partial charge in [0.1, 0.15) is 6.04 Å². The van der Waals surface area contributed by atoms with Gasteiger partial charge < -0.3 is 14.5 Å². The van der Waals surface area contributed by atoms with Crippen molar-refractivity contribution in [3.8, 4) is 0 Å². The van der Waals surface area contributed by atoms with Crippen LogP contribution in [0, 0.1) is 6.92 Å². The first-order chi connectivity index (χ1) is 14.9. The van der Waals surface area contributed by atoms with Gasteiger partial charge in [0.25, 0.3) is 0 Å². The van der Waals surface area contributed by atoms with Gasteiger partial charge in [-0.25, -0.2) is 8.42 Å². The minimum absolute atomic E-state index is 0.0477. The highest BCUT2D eigenvalue weighted by Gasteiger charge is 2.41. The molecule has 1 atom stereocenters. The van der Waals surface area contributed by atoms with Crippen molar-refractivity contribution in [3.63, 3.8) is 0 Å². The van der Waals surface area contributed by atoms with Gasteiger partial charge in [0, 0.05) is 19.6 Å². The molecule has 3 heterocycles. The van der Waals surface area contributed by atoms with Crippen LogP contribution in [0.5, 0.6) is 0 Å². The van der Waals surface area contributed by atoms with Crippen LogP contribution in [-0.4, -0.2) is 57.5 Å². The van der Waals surface area contributed by atoms with Crippen LogP contribution in [0.15, 0.2) is 47.4 Å². The number of fused-ring (bicyclic) bond motifs is 3. The van der Waals surface area contributed by atoms with E-state index in [-0.39, 0.29) is 16.8 Å². The summed E-state index contributed by atoms with van der Waals surface area (Å²) in [5.41, 5.74) is 3.81. The van der Waals surface area contributed by atoms with E-state index in [1.54, 1.807) is 17.0 Å². The van der Waals surface area contributed by atoms with Crippen molar-refractivity contribution in [1.82, 2.24) is 4.31 Å². The topological polar surface area (TPSA) is 70.2 Å². The van der Waals surface area contributed by atoms with Gasteiger partial charge in [0.2, 0.25) is 15.9 Å². The van der Waals surface area contributed by atoms with Crippen LogP contribution in [-0.2, 0) is 26.1 Å². The van der Waals surface area contributed by atoms with Crippen molar-refractivity contribution in [2.75, 3.05) is 42.6 Å². The molecule has 3 aliphatic heterocycles. The predicted molar refractivity (Wildman–Crippen MR) is 119 cm³/mol. The number of benzene rings is 2. The second-order valence-corrected chi connectivity index (χ2v) is 10.4. The van der Waals surface area contributed by atoms with E-state index in [0.29, 0.717) is 38.5 Å². The Kier molecular flexibility index (Phi) is 5.24. The SMILES string of the molecule is Cc1ccc(CN2C(=O)[C@H]3CCCN3c3ccc(S(=O)(=O)N4CCOCC4)cc32)cc1. The van der Waals surface area contributed by atoms with Crippen LogP contribution in [0.25, 0.3) is 0 Å². The molecule has 2 saturated heterocycles. The summed E-state index contributed by atoms with van der Waals surface area (Å²) in [6, 6.07) is 13.2. The van der Waals surface area contributed by atoms with Crippen LogP contribution in [0.4, 0.5) is 11.4 Å². The third kappa shape index (κ3) is 3.62. The Morgan fingerprint density at radius 2 is 1.74 bits per heavy atom. The highest BCUT2D eigenvalue weighted by Crippen LogP contribution is 2.42. The Morgan fingerprint density at radius 3 is 2.48 bits per heavy atom. The Bertz CT molecular complexity index is 1090. The third-order valence-electron chi connectivity index (χ3n) is 6.42. The number of sulfonamides is 1. The van der Waals surface area contributed by atoms with E-state index in [2.05, 4.69) is 4.90 Å². The number of carbonyl (C=O) groups is 1. The number of hydrogen-bond donors (Lipinski definition) is 0. The molecule has 1 amide bonds. The highest BCUT2D eigenvalue weighted by atomic mass is 32.2. The lowest BCUT2D eigenvalue weighted by atomic mass is 10.0. The fourth-order valence-corrected chi connectivity index (χ4v) is 6.14. The van der Waals surface area contributed by atoms with Crippen molar-refractivity contribution >= 4 is 27.3 Å². The third-order valence-corrected chi connectivity index (χ3v) is 8.31. The number of carbonyl (C=O) groups excluding carboxylic acids is 1. The van der Waals surface area contributed by atoms with Crippen LogP contribution < -0.4 is 9.80 Å². The summed E-state index contributed by atoms with van der Waals surface area (Å²) < 4.78 is 33.2. The highest BCUT2D eigenvalue weighted by molar-refractivity contribution is 7.89. The van der Waals surface area contributed by atoms with Crippen LogP contribution >= 0.6 is 0 Å². The molecule has 0 aliphatic carbocycles. The summed E-state index contributed by atoms with van der Waals surface area (Å²) >= 11 is 0. The van der Waals surface area contributed by atoms with Crippen LogP contribution in [0.2, 0.25) is 0 Å². The monoisotopic (exact) mass is 441 g/mol. The van der Waals surface area contributed by atoms with Gasteiger partial charge in [0.15, 0.2) is 0 Å². The fourth-order valence-electron chi connectivity index (χ4n) is 4.71. The maximum atomic E-state index is 13.4. The second kappa shape index (κ2) is 7.93. The summed E-state index contributed by atoms with van der Waals surface area (Å²) in [6.07, 6.45) is 1.79. The minimum Gasteiger partial charge on any atom is -0.379 e. The van der Waals surface area contributed by atoms with Crippen molar-refractivity contribution < 1.29 is 17.9 Å². The van der Waals surface area contributed by atoms with E-state index in [1.165, 1.54) is 4.31 Å². The van der Waals surface area contributed by atoms with Crippen molar-refractivity contribution in [2.24, 2.45) is 0 Å². The molecule has 31 heavy (non-hydrogen) atoms. The molecule has 0 radical (unpaired) electrons. The Morgan fingerprint density at radius 1 is 1.00 bits per heavy atom. The average molecular weight is 442 g/mol. The Labute approximate surface area is 183 Å². The van der Waals surface area contributed by atoms with Crippen molar-refractivity contribution in [2.45, 2.75) is 37.2 Å². The molecule has 3 aliphatic rings. The molecule has 2 aromatic carbocycles. The number of morpholine rings is 1. The van der Waals surface area contributed by atoms with Crippen molar-refractivity contribution in [1.29, 1.82) is 0 Å². The van der Waals surface area contributed by atoms with Crippen molar-refractivity contribution in [3.05, 3.63) is 53.6 Å². The molecule has 164 valence electrons. The van der Waals surface area contributed by atoms with Gasteiger partial charge in [-0.2, -0.15) is 4.31 Å². The fraction of sp³-hybridized carbons (Fsp3) is 0.435. The maximum absolute atomic E-state index is 13.4. The summed E-state index contributed by atoms with van der Waals surface area (Å²) in [5, 5.41) is 0. The zero-order valence-electron chi connectivity index (χ0n) is 17.7. The molecule has 0 bridgehead atoms. The standard InChI is InChI=1S/C23H27N3O4S/c1-17-4-6-18(7-5-17)16-26-22-15-19(31(28,29)24-11-13-30-14-12-24)8-9-20(22)25-10-2-3-21(25)23(26)27/h4-9,15,21H,2-3,10-14,16H2,1H3/t21-/m1/s1. The summed E-state index contributed by atoms with van der Waals surface area (Å²) in [5.74, 6) is 0.0477. The summed E-state index contributed by atoms with van der Waals surface area (Å²) in [6.45, 7) is 4.77. The molecule has 0 aromatic heterocycles. The zero-order chi connectivity index (χ0) is 21.6. The molecule has 2 aromatic rings. The number of rotatable bonds is 4. The lowest BCUT2D eigenvalue weighted by Crippen LogP contribution is -2.50. The van der Waals surface area contributed by atoms with E-state index >= 15 is 0 Å². The van der Waals surface area contributed by atoms with Crippen LogP contribution in [0.3, 0.4) is 0 Å². The Balaban J connectivity index is 1.56. The van der Waals surface area contributed by atoms with Gasteiger partial charge >= 0.3 is 0 Å². The molecule has 8 heteroatoms. The first kappa shape index (κ1) is 20.5. The molecule has 0 N–H and O–H groups in total. The number of nitrogens with zero attached hydrogens (tertiary/aromatic N) is 3. The predicted octanol–water partition coefficient (Wildman–Crippen LogP) is 2.53. The molecular weight excluding hydrogens is 414 g/mol. The van der Waals surface area contributed by atoms with E-state index in [1.807, 2.05) is 37.3 Å². The molecule has 0 saturated carbocycles. The molecule has 2 fully saturated rings. The van der Waals surface area contributed by atoms with Gasteiger partial charge in [-0.05, 0) is 43.5 Å². The first-order valence-electron chi connectivity index (χ1n) is 10.8. The van der Waals surface area contributed by atoms with Gasteiger partial charge in [0.05, 0.1) is 36.0 Å². The smallest absolute Gasteiger partial charge is 0.250 e. The number of anilines is 2. The van der Waals surface area contributed by atoms with E-state index in [9.17, 15) is 13.2 Å². The van der Waals surface area contributed by atoms with E-state index in [4.69, 9.17) is 4.74 Å². The van der Waals surface area contributed by atoms with Crippen LogP contribution in [0.1, 0.15) is 24.0 Å². The molecular formula is C23H27N3O4S. The van der Waals surface area contributed by atoms with Gasteiger partial charge in [-0.3, -0.25) is 4.79 Å². The lowest BCUT2D eigenvalue weighted by molar-refractivity contribution is -0.120. The largest absolute Gasteiger partial charge is 0.379 e. The maximum Gasteiger partial charge on any atom is 0.250 e. The minimum atomic E-state index is -3.64. The second-order valence-electron chi connectivity index (χ2n) is 8.43. The van der Waals surface area contributed by atoms with Gasteiger partial charge in [-0.15, -0.1) is 0 Å². The summed E-state index contributed by atoms with van der Waals surface area (Å²) in [7, 11) is -3.64. The number of amides is 1. The molecule has 5 rings (SSSR count).